The van der Waals surface area contributed by atoms with Crippen molar-refractivity contribution < 1.29 is 9.84 Å². The van der Waals surface area contributed by atoms with E-state index in [0.717, 1.165) is 11.3 Å². The molecule has 1 aromatic rings. The number of benzene rings is 1. The SMILES string of the molecule is CC(C)Oc1ccc(C(Cl)CN(C)CCO)cc1. The summed E-state index contributed by atoms with van der Waals surface area (Å²) in [6, 6.07) is 7.86. The van der Waals surface area contributed by atoms with Crippen molar-refractivity contribution in [2.45, 2.75) is 25.3 Å². The quantitative estimate of drug-likeness (QED) is 0.774. The topological polar surface area (TPSA) is 32.7 Å². The lowest BCUT2D eigenvalue weighted by Crippen LogP contribution is -2.25. The summed E-state index contributed by atoms with van der Waals surface area (Å²) in [6.07, 6.45) is 0.179. The van der Waals surface area contributed by atoms with Crippen molar-refractivity contribution in [3.05, 3.63) is 29.8 Å². The lowest BCUT2D eigenvalue weighted by Gasteiger charge is -2.19. The van der Waals surface area contributed by atoms with Gasteiger partial charge in [-0.3, -0.25) is 0 Å². The molecule has 0 saturated carbocycles. The van der Waals surface area contributed by atoms with Gasteiger partial charge in [-0.1, -0.05) is 12.1 Å². The maximum absolute atomic E-state index is 8.84. The molecule has 18 heavy (non-hydrogen) atoms. The Balaban J connectivity index is 2.55. The van der Waals surface area contributed by atoms with E-state index < -0.39 is 0 Å². The van der Waals surface area contributed by atoms with Crippen LogP contribution in [0.1, 0.15) is 24.8 Å². The minimum Gasteiger partial charge on any atom is -0.491 e. The van der Waals surface area contributed by atoms with E-state index in [1.54, 1.807) is 0 Å². The lowest BCUT2D eigenvalue weighted by atomic mass is 10.1. The number of hydrogen-bond acceptors (Lipinski definition) is 3. The number of hydrogen-bond donors (Lipinski definition) is 1. The van der Waals surface area contributed by atoms with Crippen LogP contribution in [0, 0.1) is 0 Å². The van der Waals surface area contributed by atoms with Gasteiger partial charge in [-0.25, -0.2) is 0 Å². The van der Waals surface area contributed by atoms with Crippen molar-refractivity contribution >= 4 is 11.6 Å². The predicted molar refractivity (Wildman–Crippen MR) is 75.4 cm³/mol. The normalized spacial score (nSPS) is 13.1. The Labute approximate surface area is 114 Å². The first-order valence-corrected chi connectivity index (χ1v) is 6.66. The van der Waals surface area contributed by atoms with Crippen molar-refractivity contribution in [2.24, 2.45) is 0 Å². The largest absolute Gasteiger partial charge is 0.491 e. The zero-order valence-electron chi connectivity index (χ0n) is 11.3. The first kappa shape index (κ1) is 15.3. The average molecular weight is 272 g/mol. The fraction of sp³-hybridized carbons (Fsp3) is 0.571. The third-order valence-corrected chi connectivity index (χ3v) is 2.96. The van der Waals surface area contributed by atoms with Crippen molar-refractivity contribution in [1.82, 2.24) is 4.90 Å². The van der Waals surface area contributed by atoms with Gasteiger partial charge in [0.2, 0.25) is 0 Å². The molecular formula is C14H22ClNO2. The molecule has 0 spiro atoms. The molecule has 0 aliphatic rings. The minimum atomic E-state index is -0.0744. The minimum absolute atomic E-state index is 0.0744. The van der Waals surface area contributed by atoms with Gasteiger partial charge < -0.3 is 14.7 Å². The van der Waals surface area contributed by atoms with Crippen LogP contribution in [-0.4, -0.2) is 42.9 Å². The van der Waals surface area contributed by atoms with Gasteiger partial charge in [-0.15, -0.1) is 11.6 Å². The van der Waals surface area contributed by atoms with Crippen molar-refractivity contribution in [3.63, 3.8) is 0 Å². The van der Waals surface area contributed by atoms with E-state index in [1.807, 2.05) is 50.1 Å². The Morgan fingerprint density at radius 3 is 2.39 bits per heavy atom. The van der Waals surface area contributed by atoms with Crippen LogP contribution in [0.2, 0.25) is 0 Å². The first-order chi connectivity index (χ1) is 8.52. The monoisotopic (exact) mass is 271 g/mol. The van der Waals surface area contributed by atoms with Gasteiger partial charge in [0.15, 0.2) is 0 Å². The maximum Gasteiger partial charge on any atom is 0.119 e. The summed E-state index contributed by atoms with van der Waals surface area (Å²) in [5.41, 5.74) is 1.07. The summed E-state index contributed by atoms with van der Waals surface area (Å²) >= 11 is 6.33. The van der Waals surface area contributed by atoms with E-state index in [2.05, 4.69) is 0 Å². The van der Waals surface area contributed by atoms with Crippen molar-refractivity contribution in [1.29, 1.82) is 0 Å². The molecule has 0 aromatic heterocycles. The van der Waals surface area contributed by atoms with Gasteiger partial charge in [0.1, 0.15) is 5.75 Å². The summed E-state index contributed by atoms with van der Waals surface area (Å²) in [5, 5.41) is 8.76. The van der Waals surface area contributed by atoms with Crippen LogP contribution in [0.3, 0.4) is 0 Å². The number of halogens is 1. The molecule has 4 heteroatoms. The summed E-state index contributed by atoms with van der Waals surface area (Å²) in [6.45, 7) is 5.51. The Morgan fingerprint density at radius 1 is 1.28 bits per heavy atom. The van der Waals surface area contributed by atoms with E-state index in [4.69, 9.17) is 21.4 Å². The van der Waals surface area contributed by atoms with Gasteiger partial charge >= 0.3 is 0 Å². The van der Waals surface area contributed by atoms with Crippen LogP contribution in [0.25, 0.3) is 0 Å². The Kier molecular flexibility index (Phi) is 6.47. The molecule has 1 N–H and O–H groups in total. The van der Waals surface area contributed by atoms with Crippen molar-refractivity contribution in [2.75, 3.05) is 26.7 Å². The molecule has 0 heterocycles. The second-order valence-corrected chi connectivity index (χ2v) is 5.22. The number of alkyl halides is 1. The van der Waals surface area contributed by atoms with Gasteiger partial charge in [0.05, 0.1) is 18.1 Å². The summed E-state index contributed by atoms with van der Waals surface area (Å²) in [7, 11) is 1.95. The van der Waals surface area contributed by atoms with Gasteiger partial charge in [-0.05, 0) is 38.6 Å². The van der Waals surface area contributed by atoms with Crippen molar-refractivity contribution in [3.8, 4) is 5.75 Å². The molecule has 0 fully saturated rings. The number of aliphatic hydroxyl groups is 1. The first-order valence-electron chi connectivity index (χ1n) is 6.23. The summed E-state index contributed by atoms with van der Waals surface area (Å²) in [4.78, 5) is 2.01. The molecule has 1 aromatic carbocycles. The molecule has 1 unspecified atom stereocenters. The second kappa shape index (κ2) is 7.62. The molecule has 0 bridgehead atoms. The molecule has 3 nitrogen and oxygen atoms in total. The third kappa shape index (κ3) is 5.25. The number of likely N-dealkylation sites (N-methyl/N-ethyl adjacent to an activating group) is 1. The van der Waals surface area contributed by atoms with E-state index >= 15 is 0 Å². The Hall–Kier alpha value is -0.770. The number of ether oxygens (including phenoxy) is 1. The molecule has 0 amide bonds. The molecule has 1 rings (SSSR count). The predicted octanol–water partition coefficient (Wildman–Crippen LogP) is 2.68. The van der Waals surface area contributed by atoms with Crippen LogP contribution >= 0.6 is 11.6 Å². The van der Waals surface area contributed by atoms with Gasteiger partial charge in [-0.2, -0.15) is 0 Å². The summed E-state index contributed by atoms with van der Waals surface area (Å²) in [5.74, 6) is 0.862. The molecule has 0 aliphatic carbocycles. The Bertz CT molecular complexity index is 340. The molecule has 1 atom stereocenters. The fourth-order valence-electron chi connectivity index (χ4n) is 1.67. The Morgan fingerprint density at radius 2 is 1.89 bits per heavy atom. The van der Waals surface area contributed by atoms with Crippen LogP contribution < -0.4 is 4.74 Å². The molecular weight excluding hydrogens is 250 g/mol. The van der Waals surface area contributed by atoms with Crippen LogP contribution in [0.4, 0.5) is 0 Å². The highest BCUT2D eigenvalue weighted by Crippen LogP contribution is 2.24. The van der Waals surface area contributed by atoms with Crippen LogP contribution in [0.5, 0.6) is 5.75 Å². The third-order valence-electron chi connectivity index (χ3n) is 2.57. The van der Waals surface area contributed by atoms with Gasteiger partial charge in [0.25, 0.3) is 0 Å². The molecule has 0 saturated heterocycles. The zero-order valence-corrected chi connectivity index (χ0v) is 12.0. The number of nitrogens with zero attached hydrogens (tertiary/aromatic N) is 1. The molecule has 0 aliphatic heterocycles. The number of aliphatic hydroxyl groups excluding tert-OH is 1. The zero-order chi connectivity index (χ0) is 13.5. The standard InChI is InChI=1S/C14H22ClNO2/c1-11(2)18-13-6-4-12(5-7-13)14(15)10-16(3)8-9-17/h4-7,11,14,17H,8-10H2,1-3H3. The highest BCUT2D eigenvalue weighted by atomic mass is 35.5. The number of rotatable bonds is 7. The van der Waals surface area contributed by atoms with Gasteiger partial charge in [0, 0.05) is 13.1 Å². The maximum atomic E-state index is 8.84. The van der Waals surface area contributed by atoms with E-state index in [-0.39, 0.29) is 18.1 Å². The van der Waals surface area contributed by atoms with Crippen LogP contribution in [0.15, 0.2) is 24.3 Å². The van der Waals surface area contributed by atoms with E-state index in [9.17, 15) is 0 Å². The summed E-state index contributed by atoms with van der Waals surface area (Å²) < 4.78 is 5.58. The highest BCUT2D eigenvalue weighted by Gasteiger charge is 2.11. The fourth-order valence-corrected chi connectivity index (χ4v) is 2.05. The second-order valence-electron chi connectivity index (χ2n) is 4.69. The van der Waals surface area contributed by atoms with Crippen LogP contribution in [-0.2, 0) is 0 Å². The molecule has 0 radical (unpaired) electrons. The lowest BCUT2D eigenvalue weighted by molar-refractivity contribution is 0.221. The highest BCUT2D eigenvalue weighted by molar-refractivity contribution is 6.21. The van der Waals surface area contributed by atoms with E-state index in [1.165, 1.54) is 0 Å². The smallest absolute Gasteiger partial charge is 0.119 e. The average Bonchev–Trinajstić information content (AvgIpc) is 2.29. The molecule has 102 valence electrons. The van der Waals surface area contributed by atoms with E-state index in [0.29, 0.717) is 13.1 Å².